The van der Waals surface area contributed by atoms with Gasteiger partial charge in [0.05, 0.1) is 18.5 Å². The van der Waals surface area contributed by atoms with Crippen molar-refractivity contribution in [1.29, 1.82) is 0 Å². The highest BCUT2D eigenvalue weighted by Gasteiger charge is 2.22. The lowest BCUT2D eigenvalue weighted by atomic mass is 9.92. The number of amides is 2. The van der Waals surface area contributed by atoms with E-state index in [9.17, 15) is 9.18 Å². The fourth-order valence-corrected chi connectivity index (χ4v) is 3.30. The smallest absolute Gasteiger partial charge is 0.324 e. The van der Waals surface area contributed by atoms with Gasteiger partial charge in [0.2, 0.25) is 5.88 Å². The number of benzene rings is 2. The number of ether oxygens (including phenoxy) is 2. The van der Waals surface area contributed by atoms with Crippen LogP contribution in [0.5, 0.6) is 17.4 Å². The van der Waals surface area contributed by atoms with Crippen molar-refractivity contribution in [2.24, 2.45) is 5.11 Å². The molecule has 13 heteroatoms. The number of azide groups is 1. The molecular formula is C25H24FN9O3. The maximum Gasteiger partial charge on any atom is 0.324 e. The van der Waals surface area contributed by atoms with Gasteiger partial charge < -0.3 is 14.8 Å². The molecule has 38 heavy (non-hydrogen) atoms. The monoisotopic (exact) mass is 517 g/mol. The second-order valence-corrected chi connectivity index (χ2v) is 9.00. The second kappa shape index (κ2) is 10.8. The minimum Gasteiger partial charge on any atom is -0.497 e. The third kappa shape index (κ3) is 6.15. The highest BCUT2D eigenvalue weighted by molar-refractivity contribution is 5.99. The summed E-state index contributed by atoms with van der Waals surface area (Å²) in [7, 11) is 1.58. The van der Waals surface area contributed by atoms with Gasteiger partial charge in [0.15, 0.2) is 11.6 Å². The molecule has 2 amide bonds. The molecular weight excluding hydrogens is 493 g/mol. The number of carbonyl (C=O) groups excluding carboxylic acids is 1. The zero-order chi connectivity index (χ0) is 27.3. The first-order valence-electron chi connectivity index (χ1n) is 11.3. The van der Waals surface area contributed by atoms with Gasteiger partial charge in [0, 0.05) is 34.2 Å². The third-order valence-corrected chi connectivity index (χ3v) is 5.22. The van der Waals surface area contributed by atoms with Crippen LogP contribution in [0.2, 0.25) is 0 Å². The molecule has 0 fully saturated rings. The summed E-state index contributed by atoms with van der Waals surface area (Å²) in [5, 5.41) is 13.4. The molecule has 12 nitrogen and oxygen atoms in total. The maximum atomic E-state index is 14.7. The SMILES string of the molecule is COc1ccc(-n2nc(C(C)(C)C)cc2NC(=O)Nc2ccc(Oc3cc(N=[N+]=[N-])ncn3)c(F)c2)cc1. The lowest BCUT2D eigenvalue weighted by Gasteiger charge is -2.14. The van der Waals surface area contributed by atoms with E-state index >= 15 is 0 Å². The molecule has 0 bridgehead atoms. The Bertz CT molecular complexity index is 1510. The lowest BCUT2D eigenvalue weighted by Crippen LogP contribution is -2.21. The van der Waals surface area contributed by atoms with Crippen LogP contribution in [0, 0.1) is 5.82 Å². The number of nitrogens with zero attached hydrogens (tertiary/aromatic N) is 7. The number of urea groups is 1. The quantitative estimate of drug-likeness (QED) is 0.162. The summed E-state index contributed by atoms with van der Waals surface area (Å²) < 4.78 is 26.9. The van der Waals surface area contributed by atoms with Gasteiger partial charge >= 0.3 is 6.03 Å². The van der Waals surface area contributed by atoms with Crippen molar-refractivity contribution in [2.75, 3.05) is 17.7 Å². The standard InChI is InChI=1S/C25H24FN9O3/c1-25(2,3)20-12-22(35(33-20)16-6-8-17(37-4)9-7-16)31-24(36)30-15-5-10-19(18(26)11-15)38-23-13-21(32-34-27)28-14-29-23/h5-14H,1-4H3,(H2,30,31,36). The third-order valence-electron chi connectivity index (χ3n) is 5.22. The van der Waals surface area contributed by atoms with Gasteiger partial charge in [-0.15, -0.1) is 0 Å². The van der Waals surface area contributed by atoms with Gasteiger partial charge in [0.25, 0.3) is 0 Å². The van der Waals surface area contributed by atoms with Crippen LogP contribution in [0.15, 0.2) is 66.0 Å². The summed E-state index contributed by atoms with van der Waals surface area (Å²) >= 11 is 0. The molecule has 4 aromatic rings. The predicted molar refractivity (Wildman–Crippen MR) is 139 cm³/mol. The Morgan fingerprint density at radius 2 is 1.84 bits per heavy atom. The summed E-state index contributed by atoms with van der Waals surface area (Å²) in [6, 6.07) is 13.6. The molecule has 0 aliphatic rings. The molecule has 0 saturated heterocycles. The zero-order valence-electron chi connectivity index (χ0n) is 21.0. The largest absolute Gasteiger partial charge is 0.497 e. The average Bonchev–Trinajstić information content (AvgIpc) is 3.30. The number of methoxy groups -OCH3 is 1. The zero-order valence-corrected chi connectivity index (χ0v) is 21.0. The Kier molecular flexibility index (Phi) is 7.40. The van der Waals surface area contributed by atoms with E-state index in [1.54, 1.807) is 30.0 Å². The van der Waals surface area contributed by atoms with Crippen molar-refractivity contribution in [1.82, 2.24) is 19.7 Å². The molecule has 2 heterocycles. The second-order valence-electron chi connectivity index (χ2n) is 9.00. The highest BCUT2D eigenvalue weighted by Crippen LogP contribution is 2.29. The maximum absolute atomic E-state index is 14.7. The summed E-state index contributed by atoms with van der Waals surface area (Å²) in [6.45, 7) is 6.05. The van der Waals surface area contributed by atoms with Crippen molar-refractivity contribution < 1.29 is 18.7 Å². The number of nitrogens with one attached hydrogen (secondary N) is 2. The molecule has 2 aromatic heterocycles. The average molecular weight is 518 g/mol. The van der Waals surface area contributed by atoms with E-state index in [1.807, 2.05) is 32.9 Å². The molecule has 0 spiro atoms. The van der Waals surface area contributed by atoms with Gasteiger partial charge in [-0.05, 0) is 47.0 Å². The van der Waals surface area contributed by atoms with E-state index in [4.69, 9.17) is 15.0 Å². The first kappa shape index (κ1) is 25.9. The van der Waals surface area contributed by atoms with Gasteiger partial charge in [-0.2, -0.15) is 5.10 Å². The van der Waals surface area contributed by atoms with E-state index in [1.165, 1.54) is 18.2 Å². The molecule has 4 rings (SSSR count). The number of halogens is 1. The van der Waals surface area contributed by atoms with Crippen LogP contribution in [0.3, 0.4) is 0 Å². The Balaban J connectivity index is 1.51. The van der Waals surface area contributed by atoms with Crippen LogP contribution in [-0.4, -0.2) is 32.9 Å². The van der Waals surface area contributed by atoms with Crippen molar-refractivity contribution in [2.45, 2.75) is 26.2 Å². The highest BCUT2D eigenvalue weighted by atomic mass is 19.1. The molecule has 0 unspecified atom stereocenters. The molecule has 0 aliphatic heterocycles. The van der Waals surface area contributed by atoms with Crippen LogP contribution in [-0.2, 0) is 5.41 Å². The van der Waals surface area contributed by atoms with Gasteiger partial charge in [-0.1, -0.05) is 20.8 Å². The van der Waals surface area contributed by atoms with Crippen molar-refractivity contribution in [3.8, 4) is 23.1 Å². The summed E-state index contributed by atoms with van der Waals surface area (Å²) in [6.07, 6.45) is 1.12. The molecule has 0 saturated carbocycles. The van der Waals surface area contributed by atoms with Crippen molar-refractivity contribution in [3.63, 3.8) is 0 Å². The van der Waals surface area contributed by atoms with E-state index < -0.39 is 11.8 Å². The van der Waals surface area contributed by atoms with Crippen LogP contribution in [0.1, 0.15) is 26.5 Å². The van der Waals surface area contributed by atoms with E-state index in [0.29, 0.717) is 11.6 Å². The van der Waals surface area contributed by atoms with Crippen LogP contribution < -0.4 is 20.1 Å². The van der Waals surface area contributed by atoms with E-state index in [2.05, 4.69) is 35.7 Å². The Morgan fingerprint density at radius 1 is 1.08 bits per heavy atom. The Hall–Kier alpha value is -5.16. The molecule has 194 valence electrons. The molecule has 0 aliphatic carbocycles. The van der Waals surface area contributed by atoms with Crippen molar-refractivity contribution in [3.05, 3.63) is 82.9 Å². The summed E-state index contributed by atoms with van der Waals surface area (Å²) in [5.74, 6) is 0.239. The normalized spacial score (nSPS) is 10.9. The van der Waals surface area contributed by atoms with E-state index in [-0.39, 0.29) is 28.5 Å². The van der Waals surface area contributed by atoms with Crippen LogP contribution in [0.25, 0.3) is 16.1 Å². The van der Waals surface area contributed by atoms with Gasteiger partial charge in [-0.3, -0.25) is 5.32 Å². The number of anilines is 2. The predicted octanol–water partition coefficient (Wildman–Crippen LogP) is 6.49. The first-order chi connectivity index (χ1) is 18.2. The van der Waals surface area contributed by atoms with Gasteiger partial charge in [-0.25, -0.2) is 23.8 Å². The minimum atomic E-state index is -0.745. The Morgan fingerprint density at radius 3 is 2.50 bits per heavy atom. The molecule has 0 atom stereocenters. The number of hydrogen-bond acceptors (Lipinski definition) is 7. The van der Waals surface area contributed by atoms with Crippen LogP contribution in [0.4, 0.5) is 26.5 Å². The summed E-state index contributed by atoms with van der Waals surface area (Å²) in [5.41, 5.74) is 9.93. The molecule has 2 N–H and O–H groups in total. The fraction of sp³-hybridized carbons (Fsp3) is 0.200. The molecule has 0 radical (unpaired) electrons. The number of aromatic nitrogens is 4. The number of hydrogen-bond donors (Lipinski definition) is 2. The lowest BCUT2D eigenvalue weighted by molar-refractivity contribution is 0.262. The fourth-order valence-electron chi connectivity index (χ4n) is 3.30. The van der Waals surface area contributed by atoms with Crippen LogP contribution >= 0.6 is 0 Å². The number of rotatable bonds is 7. The first-order valence-corrected chi connectivity index (χ1v) is 11.3. The number of carbonyl (C=O) groups is 1. The summed E-state index contributed by atoms with van der Waals surface area (Å²) in [4.78, 5) is 23.1. The van der Waals surface area contributed by atoms with Gasteiger partial charge in [0.1, 0.15) is 23.7 Å². The minimum absolute atomic E-state index is 0.0128. The molecule has 2 aromatic carbocycles. The van der Waals surface area contributed by atoms with Crippen molar-refractivity contribution >= 4 is 23.4 Å². The Labute approximate surface area is 217 Å². The van der Waals surface area contributed by atoms with E-state index in [0.717, 1.165) is 23.8 Å². The topological polar surface area (TPSA) is 152 Å².